The van der Waals surface area contributed by atoms with Crippen LogP contribution in [0.4, 0.5) is 4.39 Å². The fourth-order valence-corrected chi connectivity index (χ4v) is 1.13. The van der Waals surface area contributed by atoms with Crippen LogP contribution in [-0.4, -0.2) is 6.67 Å². The fourth-order valence-electron chi connectivity index (χ4n) is 1.13. The van der Waals surface area contributed by atoms with E-state index in [0.717, 1.165) is 17.9 Å². The lowest BCUT2D eigenvalue weighted by Crippen LogP contribution is -1.96. The summed E-state index contributed by atoms with van der Waals surface area (Å²) in [6.07, 6.45) is 1.01. The van der Waals surface area contributed by atoms with E-state index in [9.17, 15) is 4.39 Å². The standard InChI is InChI=1S/C11H14F/c1-3-10-5-4-6-11(7-10)9(2)8-12/h4-7H,3,8H2,1-2H3. The summed E-state index contributed by atoms with van der Waals surface area (Å²) >= 11 is 0. The van der Waals surface area contributed by atoms with Crippen molar-refractivity contribution in [3.63, 3.8) is 0 Å². The highest BCUT2D eigenvalue weighted by Gasteiger charge is 2.04. The van der Waals surface area contributed by atoms with Crippen molar-refractivity contribution < 1.29 is 4.39 Å². The molecule has 1 aromatic carbocycles. The Morgan fingerprint density at radius 2 is 2.17 bits per heavy atom. The van der Waals surface area contributed by atoms with Gasteiger partial charge in [0.15, 0.2) is 0 Å². The van der Waals surface area contributed by atoms with E-state index in [1.807, 2.05) is 19.1 Å². The topological polar surface area (TPSA) is 0 Å². The first kappa shape index (κ1) is 9.24. The van der Waals surface area contributed by atoms with E-state index in [0.29, 0.717) is 0 Å². The van der Waals surface area contributed by atoms with Crippen LogP contribution >= 0.6 is 0 Å². The molecule has 65 valence electrons. The summed E-state index contributed by atoms with van der Waals surface area (Å²) in [5, 5.41) is 0. The van der Waals surface area contributed by atoms with Crippen molar-refractivity contribution >= 4 is 0 Å². The molecule has 0 N–H and O–H groups in total. The summed E-state index contributed by atoms with van der Waals surface area (Å²) in [6, 6.07) is 8.05. The SMILES string of the molecule is CCc1cccc([C](C)CF)c1. The third-order valence-electron chi connectivity index (χ3n) is 2.03. The minimum Gasteiger partial charge on any atom is -0.250 e. The van der Waals surface area contributed by atoms with Gasteiger partial charge in [-0.25, -0.2) is 0 Å². The maximum absolute atomic E-state index is 12.3. The largest absolute Gasteiger partial charge is 0.250 e. The quantitative estimate of drug-likeness (QED) is 0.645. The van der Waals surface area contributed by atoms with Gasteiger partial charge in [0.2, 0.25) is 0 Å². The smallest absolute Gasteiger partial charge is 0.0997 e. The second kappa shape index (κ2) is 4.24. The number of benzene rings is 1. The first-order valence-corrected chi connectivity index (χ1v) is 4.25. The van der Waals surface area contributed by atoms with Crippen LogP contribution in [0.5, 0.6) is 0 Å². The van der Waals surface area contributed by atoms with E-state index in [1.54, 1.807) is 0 Å². The van der Waals surface area contributed by atoms with E-state index in [4.69, 9.17) is 0 Å². The van der Waals surface area contributed by atoms with Crippen LogP contribution in [0.15, 0.2) is 24.3 Å². The van der Waals surface area contributed by atoms with Crippen LogP contribution in [0.1, 0.15) is 25.0 Å². The molecule has 1 heteroatoms. The number of hydrogen-bond acceptors (Lipinski definition) is 0. The van der Waals surface area contributed by atoms with Crippen molar-refractivity contribution in [2.75, 3.05) is 6.67 Å². The van der Waals surface area contributed by atoms with Gasteiger partial charge in [0.25, 0.3) is 0 Å². The molecule has 1 radical (unpaired) electrons. The lowest BCUT2D eigenvalue weighted by Gasteiger charge is -2.07. The Labute approximate surface area is 73.4 Å². The molecule has 0 aliphatic carbocycles. The molecule has 0 aliphatic rings. The number of rotatable bonds is 3. The van der Waals surface area contributed by atoms with Gasteiger partial charge < -0.3 is 0 Å². The molecule has 0 spiro atoms. The number of alkyl halides is 1. The van der Waals surface area contributed by atoms with Gasteiger partial charge in [-0.2, -0.15) is 0 Å². The zero-order valence-electron chi connectivity index (χ0n) is 7.60. The summed E-state index contributed by atoms with van der Waals surface area (Å²) in [7, 11) is 0. The van der Waals surface area contributed by atoms with Gasteiger partial charge in [-0.15, -0.1) is 0 Å². The lowest BCUT2D eigenvalue weighted by atomic mass is 9.99. The molecule has 1 rings (SSSR count). The molecular weight excluding hydrogens is 151 g/mol. The van der Waals surface area contributed by atoms with Crippen molar-refractivity contribution in [3.05, 3.63) is 41.3 Å². The zero-order valence-corrected chi connectivity index (χ0v) is 7.60. The Balaban J connectivity index is 2.86. The Morgan fingerprint density at radius 3 is 2.75 bits per heavy atom. The minimum absolute atomic E-state index is 0.354. The lowest BCUT2D eigenvalue weighted by molar-refractivity contribution is 0.516. The summed E-state index contributed by atoms with van der Waals surface area (Å²) in [6.45, 7) is 3.58. The van der Waals surface area contributed by atoms with Gasteiger partial charge in [0.05, 0.1) is 6.67 Å². The van der Waals surface area contributed by atoms with E-state index in [-0.39, 0.29) is 6.67 Å². The Kier molecular flexibility index (Phi) is 3.27. The molecule has 0 aliphatic heterocycles. The van der Waals surface area contributed by atoms with Crippen LogP contribution in [0.3, 0.4) is 0 Å². The summed E-state index contributed by atoms with van der Waals surface area (Å²) in [5.74, 6) is 0.810. The summed E-state index contributed by atoms with van der Waals surface area (Å²) < 4.78 is 12.3. The van der Waals surface area contributed by atoms with Crippen molar-refractivity contribution in [1.82, 2.24) is 0 Å². The molecule has 0 aromatic heterocycles. The van der Waals surface area contributed by atoms with E-state index in [1.165, 1.54) is 5.56 Å². The predicted octanol–water partition coefficient (Wildman–Crippen LogP) is 3.16. The molecule has 0 bridgehead atoms. The molecular formula is C11H14F. The van der Waals surface area contributed by atoms with Crippen LogP contribution in [0.25, 0.3) is 0 Å². The number of halogens is 1. The monoisotopic (exact) mass is 165 g/mol. The Bertz CT molecular complexity index is 243. The maximum atomic E-state index is 12.3. The molecule has 0 saturated heterocycles. The van der Waals surface area contributed by atoms with Crippen molar-refractivity contribution in [1.29, 1.82) is 0 Å². The van der Waals surface area contributed by atoms with Gasteiger partial charge in [0.1, 0.15) is 0 Å². The second-order valence-electron chi connectivity index (χ2n) is 2.97. The van der Waals surface area contributed by atoms with Crippen LogP contribution in [0, 0.1) is 5.92 Å². The van der Waals surface area contributed by atoms with Crippen molar-refractivity contribution in [3.8, 4) is 0 Å². The molecule has 0 atom stereocenters. The van der Waals surface area contributed by atoms with E-state index in [2.05, 4.69) is 19.1 Å². The number of hydrogen-bond donors (Lipinski definition) is 0. The molecule has 0 saturated carbocycles. The highest BCUT2D eigenvalue weighted by molar-refractivity contribution is 5.33. The van der Waals surface area contributed by atoms with Crippen LogP contribution in [-0.2, 0) is 6.42 Å². The molecule has 12 heavy (non-hydrogen) atoms. The third kappa shape index (κ3) is 2.07. The highest BCUT2D eigenvalue weighted by atomic mass is 19.1. The van der Waals surface area contributed by atoms with Crippen molar-refractivity contribution in [2.24, 2.45) is 0 Å². The van der Waals surface area contributed by atoms with Gasteiger partial charge in [-0.05, 0) is 17.5 Å². The molecule has 0 fully saturated rings. The maximum Gasteiger partial charge on any atom is 0.0997 e. The van der Waals surface area contributed by atoms with Crippen LogP contribution in [0.2, 0.25) is 0 Å². The van der Waals surface area contributed by atoms with Gasteiger partial charge in [-0.3, -0.25) is 4.39 Å². The second-order valence-corrected chi connectivity index (χ2v) is 2.97. The molecule has 1 aromatic rings. The summed E-state index contributed by atoms with van der Waals surface area (Å²) in [4.78, 5) is 0. The summed E-state index contributed by atoms with van der Waals surface area (Å²) in [5.41, 5.74) is 2.29. The number of aryl methyl sites for hydroxylation is 1. The van der Waals surface area contributed by atoms with Crippen LogP contribution < -0.4 is 0 Å². The first-order chi connectivity index (χ1) is 5.77. The van der Waals surface area contributed by atoms with E-state index < -0.39 is 0 Å². The first-order valence-electron chi connectivity index (χ1n) is 4.25. The Morgan fingerprint density at radius 1 is 1.42 bits per heavy atom. The molecule has 0 heterocycles. The van der Waals surface area contributed by atoms with Crippen molar-refractivity contribution in [2.45, 2.75) is 20.3 Å². The Hall–Kier alpha value is -0.850. The normalized spacial score (nSPS) is 10.7. The van der Waals surface area contributed by atoms with Gasteiger partial charge in [-0.1, -0.05) is 38.1 Å². The fraction of sp³-hybridized carbons (Fsp3) is 0.364. The average molecular weight is 165 g/mol. The minimum atomic E-state index is -0.354. The molecule has 0 nitrogen and oxygen atoms in total. The highest BCUT2D eigenvalue weighted by Crippen LogP contribution is 2.16. The third-order valence-corrected chi connectivity index (χ3v) is 2.03. The van der Waals surface area contributed by atoms with Gasteiger partial charge in [0, 0.05) is 5.92 Å². The van der Waals surface area contributed by atoms with E-state index >= 15 is 0 Å². The molecule has 0 unspecified atom stereocenters. The predicted molar refractivity (Wildman–Crippen MR) is 49.8 cm³/mol. The van der Waals surface area contributed by atoms with Gasteiger partial charge >= 0.3 is 0 Å². The zero-order chi connectivity index (χ0) is 8.97. The average Bonchev–Trinajstić information content (AvgIpc) is 2.17. The molecule has 0 amide bonds.